The molecule has 3 nitrogen and oxygen atoms in total. The van der Waals surface area contributed by atoms with E-state index in [2.05, 4.69) is 4.98 Å². The smallest absolute Gasteiger partial charge is 0.343 e. The zero-order chi connectivity index (χ0) is 13.1. The molecule has 0 aliphatic heterocycles. The molecule has 0 atom stereocenters. The van der Waals surface area contributed by atoms with Crippen LogP contribution in [-0.2, 0) is 0 Å². The summed E-state index contributed by atoms with van der Waals surface area (Å²) in [5, 5.41) is 1.97. The van der Waals surface area contributed by atoms with Crippen LogP contribution in [0.1, 0.15) is 10.4 Å². The van der Waals surface area contributed by atoms with Crippen LogP contribution < -0.4 is 4.74 Å². The van der Waals surface area contributed by atoms with E-state index in [9.17, 15) is 4.79 Å². The van der Waals surface area contributed by atoms with E-state index >= 15 is 0 Å². The van der Waals surface area contributed by atoms with Gasteiger partial charge in [-0.25, -0.2) is 4.79 Å². The van der Waals surface area contributed by atoms with Gasteiger partial charge in [0.05, 0.1) is 5.56 Å². The summed E-state index contributed by atoms with van der Waals surface area (Å²) >= 11 is 0. The third-order valence-corrected chi connectivity index (χ3v) is 2.83. The number of ether oxygens (including phenoxy) is 1. The second-order valence-electron chi connectivity index (χ2n) is 4.14. The normalized spacial score (nSPS) is 10.3. The van der Waals surface area contributed by atoms with Gasteiger partial charge in [0, 0.05) is 17.8 Å². The molecule has 0 amide bonds. The third kappa shape index (κ3) is 2.45. The van der Waals surface area contributed by atoms with Gasteiger partial charge in [-0.1, -0.05) is 24.3 Å². The zero-order valence-electron chi connectivity index (χ0n) is 10.1. The van der Waals surface area contributed by atoms with Crippen molar-refractivity contribution in [3.8, 4) is 5.75 Å². The third-order valence-electron chi connectivity index (χ3n) is 2.83. The molecule has 0 bridgehead atoms. The molecule has 0 radical (unpaired) electrons. The number of carbonyl (C=O) groups is 1. The van der Waals surface area contributed by atoms with Gasteiger partial charge < -0.3 is 4.74 Å². The Labute approximate surface area is 110 Å². The Balaban J connectivity index is 1.89. The molecule has 0 N–H and O–H groups in total. The monoisotopic (exact) mass is 249 g/mol. The first kappa shape index (κ1) is 11.4. The lowest BCUT2D eigenvalue weighted by Crippen LogP contribution is -2.08. The topological polar surface area (TPSA) is 39.2 Å². The van der Waals surface area contributed by atoms with Crippen LogP contribution in [0.3, 0.4) is 0 Å². The van der Waals surface area contributed by atoms with Crippen molar-refractivity contribution in [1.29, 1.82) is 0 Å². The summed E-state index contributed by atoms with van der Waals surface area (Å²) in [5.41, 5.74) is 0.530. The average molecular weight is 249 g/mol. The highest BCUT2D eigenvalue weighted by molar-refractivity contribution is 5.96. The summed E-state index contributed by atoms with van der Waals surface area (Å²) in [7, 11) is 0. The Morgan fingerprint density at radius 3 is 2.63 bits per heavy atom. The summed E-state index contributed by atoms with van der Waals surface area (Å²) < 4.78 is 5.29. The molecule has 0 aliphatic rings. The Kier molecular flexibility index (Phi) is 2.94. The van der Waals surface area contributed by atoms with Crippen LogP contribution in [0.4, 0.5) is 0 Å². The Hall–Kier alpha value is -2.68. The molecule has 0 unspecified atom stereocenters. The van der Waals surface area contributed by atoms with Crippen LogP contribution in [0, 0.1) is 0 Å². The molecule has 0 saturated heterocycles. The van der Waals surface area contributed by atoms with Crippen molar-refractivity contribution < 1.29 is 9.53 Å². The van der Waals surface area contributed by atoms with Crippen molar-refractivity contribution in [2.24, 2.45) is 0 Å². The first-order valence-electron chi connectivity index (χ1n) is 5.94. The van der Waals surface area contributed by atoms with Crippen LogP contribution in [0.2, 0.25) is 0 Å². The van der Waals surface area contributed by atoms with Crippen LogP contribution in [0.15, 0.2) is 67.0 Å². The van der Waals surface area contributed by atoms with Crippen molar-refractivity contribution >= 4 is 16.7 Å². The number of hydrogen-bond acceptors (Lipinski definition) is 3. The molecule has 2 aromatic carbocycles. The van der Waals surface area contributed by atoms with Gasteiger partial charge in [0.1, 0.15) is 5.75 Å². The summed E-state index contributed by atoms with van der Waals surface area (Å²) in [6.07, 6.45) is 3.47. The van der Waals surface area contributed by atoms with E-state index in [1.807, 2.05) is 36.4 Å². The van der Waals surface area contributed by atoms with E-state index in [1.165, 1.54) is 0 Å². The second kappa shape index (κ2) is 4.90. The molecule has 0 spiro atoms. The maximum Gasteiger partial charge on any atom is 0.343 e. The number of pyridine rings is 1. The fraction of sp³-hybridized carbons (Fsp3) is 0. The number of fused-ring (bicyclic) bond motifs is 1. The van der Waals surface area contributed by atoms with Crippen LogP contribution >= 0.6 is 0 Å². The van der Waals surface area contributed by atoms with Crippen molar-refractivity contribution in [3.63, 3.8) is 0 Å². The first-order valence-corrected chi connectivity index (χ1v) is 5.94. The van der Waals surface area contributed by atoms with Crippen molar-refractivity contribution in [2.45, 2.75) is 0 Å². The quantitative estimate of drug-likeness (QED) is 0.515. The van der Waals surface area contributed by atoms with E-state index in [0.717, 1.165) is 10.8 Å². The van der Waals surface area contributed by atoms with Crippen LogP contribution in [0.25, 0.3) is 10.8 Å². The molecule has 0 fully saturated rings. The second-order valence-corrected chi connectivity index (χ2v) is 4.14. The van der Waals surface area contributed by atoms with Gasteiger partial charge in [-0.15, -0.1) is 0 Å². The van der Waals surface area contributed by atoms with E-state index in [1.54, 1.807) is 30.6 Å². The minimum atomic E-state index is -0.357. The summed E-state index contributed by atoms with van der Waals surface area (Å²) in [6, 6.07) is 16.3. The summed E-state index contributed by atoms with van der Waals surface area (Å²) in [5.74, 6) is 0.187. The lowest BCUT2D eigenvalue weighted by molar-refractivity contribution is 0.0735. The molecule has 3 rings (SSSR count). The Bertz CT molecular complexity index is 723. The minimum Gasteiger partial charge on any atom is -0.423 e. The molecule has 92 valence electrons. The lowest BCUT2D eigenvalue weighted by atomic mass is 10.1. The molecular weight excluding hydrogens is 238 g/mol. The fourth-order valence-electron chi connectivity index (χ4n) is 1.86. The molecule has 0 saturated carbocycles. The van der Waals surface area contributed by atoms with Gasteiger partial charge in [0.25, 0.3) is 0 Å². The molecule has 1 aromatic heterocycles. The van der Waals surface area contributed by atoms with Gasteiger partial charge in [-0.05, 0) is 35.7 Å². The van der Waals surface area contributed by atoms with Gasteiger partial charge in [-0.2, -0.15) is 0 Å². The lowest BCUT2D eigenvalue weighted by Gasteiger charge is -2.05. The summed E-state index contributed by atoms with van der Waals surface area (Å²) in [6.45, 7) is 0. The number of hydrogen-bond donors (Lipinski definition) is 0. The van der Waals surface area contributed by atoms with Gasteiger partial charge in [-0.3, -0.25) is 4.98 Å². The minimum absolute atomic E-state index is 0.357. The highest BCUT2D eigenvalue weighted by atomic mass is 16.5. The first-order chi connectivity index (χ1) is 9.33. The molecular formula is C16H11NO2. The van der Waals surface area contributed by atoms with E-state index in [-0.39, 0.29) is 5.97 Å². The summed E-state index contributed by atoms with van der Waals surface area (Å²) in [4.78, 5) is 16.1. The maximum atomic E-state index is 12.0. The largest absolute Gasteiger partial charge is 0.423 e. The Morgan fingerprint density at radius 1 is 0.947 bits per heavy atom. The number of carbonyl (C=O) groups excluding carboxylic acids is 1. The predicted octanol–water partition coefficient (Wildman–Crippen LogP) is 3.45. The highest BCUT2D eigenvalue weighted by Crippen LogP contribution is 2.17. The maximum absolute atomic E-state index is 12.0. The average Bonchev–Trinajstić information content (AvgIpc) is 2.48. The molecule has 0 aliphatic carbocycles. The van der Waals surface area contributed by atoms with E-state index in [0.29, 0.717) is 11.3 Å². The van der Waals surface area contributed by atoms with Crippen molar-refractivity contribution in [2.75, 3.05) is 0 Å². The molecule has 19 heavy (non-hydrogen) atoms. The zero-order valence-corrected chi connectivity index (χ0v) is 10.1. The molecule has 1 heterocycles. The van der Waals surface area contributed by atoms with E-state index < -0.39 is 0 Å². The molecule has 3 aromatic rings. The number of aromatic nitrogens is 1. The molecule has 3 heteroatoms. The number of benzene rings is 2. The fourth-order valence-corrected chi connectivity index (χ4v) is 1.86. The SMILES string of the molecule is O=C(Oc1ccccc1)c1ccc2cnccc2c1. The Morgan fingerprint density at radius 2 is 1.79 bits per heavy atom. The van der Waals surface area contributed by atoms with Gasteiger partial charge in [0.2, 0.25) is 0 Å². The van der Waals surface area contributed by atoms with Crippen LogP contribution in [-0.4, -0.2) is 11.0 Å². The number of nitrogens with zero attached hydrogens (tertiary/aromatic N) is 1. The standard InChI is InChI=1S/C16H11NO2/c18-16(19-15-4-2-1-3-5-15)13-6-7-14-11-17-9-8-12(14)10-13/h1-11H. The number of esters is 1. The van der Waals surface area contributed by atoms with Gasteiger partial charge in [0.15, 0.2) is 0 Å². The van der Waals surface area contributed by atoms with Crippen molar-refractivity contribution in [3.05, 3.63) is 72.6 Å². The number of rotatable bonds is 2. The predicted molar refractivity (Wildman–Crippen MR) is 73.1 cm³/mol. The number of para-hydroxylation sites is 1. The van der Waals surface area contributed by atoms with E-state index in [4.69, 9.17) is 4.74 Å². The van der Waals surface area contributed by atoms with Crippen molar-refractivity contribution in [1.82, 2.24) is 4.98 Å². The highest BCUT2D eigenvalue weighted by Gasteiger charge is 2.08. The van der Waals surface area contributed by atoms with Gasteiger partial charge >= 0.3 is 5.97 Å². The van der Waals surface area contributed by atoms with Crippen LogP contribution in [0.5, 0.6) is 5.75 Å².